The second kappa shape index (κ2) is 14.7. The predicted octanol–water partition coefficient (Wildman–Crippen LogP) is 14.5. The van der Waals surface area contributed by atoms with Crippen LogP contribution in [-0.2, 0) is 0 Å². The molecule has 9 aromatic carbocycles. The Balaban J connectivity index is 1.04. The van der Waals surface area contributed by atoms with E-state index >= 15 is 0 Å². The Bertz CT molecular complexity index is 3570. The zero-order valence-electron chi connectivity index (χ0n) is 33.6. The summed E-state index contributed by atoms with van der Waals surface area (Å²) in [6.45, 7) is 0. The normalized spacial score (nSPS) is 11.5. The number of nitrogens with zero attached hydrogens (tertiary/aromatic N) is 5. The third-order valence-corrected chi connectivity index (χ3v) is 12.0. The Labute approximate surface area is 357 Å². The smallest absolute Gasteiger partial charge is 0.238 e. The number of hydrogen-bond donors (Lipinski definition) is 0. The average Bonchev–Trinajstić information content (AvgIpc) is 3.70. The Morgan fingerprint density at radius 2 is 0.613 bits per heavy atom. The standard InChI is InChI=1S/C57H37N5/c1-3-17-39(18-4-1)55-58-56(40-19-5-2-6-20-40)60-57(59-55)62-53-30-16-13-27-49(53)50-37-41(33-36-54(50)62)38-31-34-42(35-32-38)61-51-28-14-11-25-47(51)45-23-9-7-21-43(45)44-22-8-10-24-46(44)48-26-12-15-29-52(48)61/h1-37H. The van der Waals surface area contributed by atoms with Gasteiger partial charge in [0.25, 0.3) is 0 Å². The summed E-state index contributed by atoms with van der Waals surface area (Å²) in [5.41, 5.74) is 9.55. The molecule has 0 radical (unpaired) electrons. The van der Waals surface area contributed by atoms with Crippen LogP contribution in [0.15, 0.2) is 224 Å². The summed E-state index contributed by atoms with van der Waals surface area (Å²) < 4.78 is 4.60. The highest BCUT2D eigenvalue weighted by atomic mass is 15.2. The van der Waals surface area contributed by atoms with Crippen molar-refractivity contribution in [2.45, 2.75) is 0 Å². The molecule has 5 nitrogen and oxygen atoms in total. The van der Waals surface area contributed by atoms with E-state index in [2.05, 4.69) is 173 Å². The highest BCUT2D eigenvalue weighted by Crippen LogP contribution is 2.37. The lowest BCUT2D eigenvalue weighted by atomic mass is 10.0. The van der Waals surface area contributed by atoms with Gasteiger partial charge in [-0.2, -0.15) is 9.97 Å². The summed E-state index contributed by atoms with van der Waals surface area (Å²) in [6, 6.07) is 79.6. The van der Waals surface area contributed by atoms with Crippen LogP contribution in [0.25, 0.3) is 111 Å². The van der Waals surface area contributed by atoms with Gasteiger partial charge in [0.15, 0.2) is 11.6 Å². The predicted molar refractivity (Wildman–Crippen MR) is 257 cm³/mol. The summed E-state index contributed by atoms with van der Waals surface area (Å²) in [4.78, 5) is 15.2. The molecule has 0 saturated heterocycles. The van der Waals surface area contributed by atoms with Gasteiger partial charge in [-0.25, -0.2) is 4.98 Å². The van der Waals surface area contributed by atoms with Crippen molar-refractivity contribution < 1.29 is 0 Å². The molecule has 0 N–H and O–H groups in total. The number of hydrogen-bond acceptors (Lipinski definition) is 3. The van der Waals surface area contributed by atoms with Gasteiger partial charge in [0.05, 0.1) is 22.1 Å². The van der Waals surface area contributed by atoms with Gasteiger partial charge in [0, 0.05) is 38.4 Å². The van der Waals surface area contributed by atoms with Crippen molar-refractivity contribution >= 4 is 65.2 Å². The van der Waals surface area contributed by atoms with Crippen molar-refractivity contribution in [3.63, 3.8) is 0 Å². The summed E-state index contributed by atoms with van der Waals surface area (Å²) >= 11 is 0. The SMILES string of the molecule is c1ccc(-c2nc(-c3ccccc3)nc(-n3c4ccccc4c4cc(-c5ccc(-n6c7ccccc7c7ccccc7c7ccccc7c7ccccc76)cc5)ccc43)n2)cc1. The number of aromatic nitrogens is 5. The fraction of sp³-hybridized carbons (Fsp3) is 0. The lowest BCUT2D eigenvalue weighted by Gasteiger charge is -2.14. The molecule has 0 aliphatic heterocycles. The maximum Gasteiger partial charge on any atom is 0.238 e. The van der Waals surface area contributed by atoms with Gasteiger partial charge in [-0.3, -0.25) is 4.57 Å². The third-order valence-electron chi connectivity index (χ3n) is 12.0. The second-order valence-corrected chi connectivity index (χ2v) is 15.6. The van der Waals surface area contributed by atoms with Gasteiger partial charge in [-0.05, 0) is 75.1 Å². The molecule has 12 rings (SSSR count). The van der Waals surface area contributed by atoms with Crippen molar-refractivity contribution in [1.29, 1.82) is 0 Å². The van der Waals surface area contributed by atoms with Crippen LogP contribution < -0.4 is 0 Å². The van der Waals surface area contributed by atoms with Crippen LogP contribution in [0, 0.1) is 0 Å². The molecule has 62 heavy (non-hydrogen) atoms. The van der Waals surface area contributed by atoms with Crippen LogP contribution in [0.2, 0.25) is 0 Å². The number of fused-ring (bicyclic) bond motifs is 10. The van der Waals surface area contributed by atoms with Gasteiger partial charge in [-0.15, -0.1) is 0 Å². The quantitative estimate of drug-likeness (QED) is 0.174. The van der Waals surface area contributed by atoms with Gasteiger partial charge < -0.3 is 4.57 Å². The van der Waals surface area contributed by atoms with Crippen molar-refractivity contribution in [3.05, 3.63) is 224 Å². The topological polar surface area (TPSA) is 48.5 Å². The highest BCUT2D eigenvalue weighted by Gasteiger charge is 2.19. The first kappa shape index (κ1) is 35.5. The van der Waals surface area contributed by atoms with Crippen molar-refractivity contribution in [2.75, 3.05) is 0 Å². The Kier molecular flexibility index (Phi) is 8.42. The van der Waals surface area contributed by atoms with Crippen LogP contribution in [0.5, 0.6) is 0 Å². The van der Waals surface area contributed by atoms with Gasteiger partial charge in [-0.1, -0.05) is 182 Å². The molecule has 0 atom stereocenters. The number of para-hydroxylation sites is 3. The Morgan fingerprint density at radius 3 is 1.11 bits per heavy atom. The molecule has 290 valence electrons. The van der Waals surface area contributed by atoms with Crippen LogP contribution in [0.1, 0.15) is 0 Å². The minimum Gasteiger partial charge on any atom is -0.309 e. The average molecular weight is 792 g/mol. The molecule has 12 aromatic rings. The van der Waals surface area contributed by atoms with Crippen molar-refractivity contribution in [3.8, 4) is 45.5 Å². The number of benzene rings is 9. The van der Waals surface area contributed by atoms with E-state index in [4.69, 9.17) is 15.0 Å². The molecular formula is C57H37N5. The van der Waals surface area contributed by atoms with E-state index < -0.39 is 0 Å². The fourth-order valence-corrected chi connectivity index (χ4v) is 9.17. The largest absolute Gasteiger partial charge is 0.309 e. The molecule has 0 aliphatic rings. The third kappa shape index (κ3) is 5.90. The maximum atomic E-state index is 5.12. The van der Waals surface area contributed by atoms with E-state index in [1.165, 1.54) is 32.3 Å². The highest BCUT2D eigenvalue weighted by molar-refractivity contribution is 6.19. The van der Waals surface area contributed by atoms with E-state index in [-0.39, 0.29) is 0 Å². The molecule has 3 heterocycles. The zero-order valence-corrected chi connectivity index (χ0v) is 33.6. The molecular weight excluding hydrogens is 755 g/mol. The first-order chi connectivity index (χ1) is 30.8. The first-order valence-electron chi connectivity index (χ1n) is 21.0. The van der Waals surface area contributed by atoms with E-state index in [0.717, 1.165) is 60.8 Å². The van der Waals surface area contributed by atoms with Crippen LogP contribution in [-0.4, -0.2) is 24.1 Å². The zero-order chi connectivity index (χ0) is 41.0. The van der Waals surface area contributed by atoms with Crippen molar-refractivity contribution in [2.24, 2.45) is 0 Å². The Morgan fingerprint density at radius 1 is 0.242 bits per heavy atom. The lowest BCUT2D eigenvalue weighted by molar-refractivity contribution is 0.953. The second-order valence-electron chi connectivity index (χ2n) is 15.6. The van der Waals surface area contributed by atoms with Crippen LogP contribution in [0.3, 0.4) is 0 Å². The van der Waals surface area contributed by atoms with Crippen LogP contribution >= 0.6 is 0 Å². The summed E-state index contributed by atoms with van der Waals surface area (Å²) in [5.74, 6) is 1.84. The molecule has 0 amide bonds. The van der Waals surface area contributed by atoms with E-state index in [0.29, 0.717) is 17.6 Å². The minimum atomic E-state index is 0.580. The summed E-state index contributed by atoms with van der Waals surface area (Å²) in [7, 11) is 0. The minimum absolute atomic E-state index is 0.580. The van der Waals surface area contributed by atoms with Gasteiger partial charge in [0.1, 0.15) is 0 Å². The summed E-state index contributed by atoms with van der Waals surface area (Å²) in [5, 5.41) is 9.51. The molecule has 0 spiro atoms. The molecule has 0 bridgehead atoms. The van der Waals surface area contributed by atoms with Crippen molar-refractivity contribution in [1.82, 2.24) is 24.1 Å². The van der Waals surface area contributed by atoms with Gasteiger partial charge >= 0.3 is 0 Å². The van der Waals surface area contributed by atoms with Crippen LogP contribution in [0.4, 0.5) is 0 Å². The maximum absolute atomic E-state index is 5.12. The molecule has 5 heteroatoms. The number of rotatable bonds is 5. The van der Waals surface area contributed by atoms with E-state index in [9.17, 15) is 0 Å². The Hall–Kier alpha value is -8.41. The molecule has 0 aliphatic carbocycles. The molecule has 3 aromatic heterocycles. The van der Waals surface area contributed by atoms with E-state index in [1.807, 2.05) is 60.7 Å². The lowest BCUT2D eigenvalue weighted by Crippen LogP contribution is -2.06. The van der Waals surface area contributed by atoms with E-state index in [1.54, 1.807) is 0 Å². The molecule has 0 unspecified atom stereocenters. The molecule has 0 fully saturated rings. The summed E-state index contributed by atoms with van der Waals surface area (Å²) in [6.07, 6.45) is 0. The first-order valence-corrected chi connectivity index (χ1v) is 21.0. The van der Waals surface area contributed by atoms with Gasteiger partial charge in [0.2, 0.25) is 5.95 Å². The molecule has 0 saturated carbocycles. The monoisotopic (exact) mass is 791 g/mol. The fourth-order valence-electron chi connectivity index (χ4n) is 9.17.